The van der Waals surface area contributed by atoms with Crippen molar-refractivity contribution < 1.29 is 19.1 Å². The van der Waals surface area contributed by atoms with Gasteiger partial charge in [0.25, 0.3) is 0 Å². The van der Waals surface area contributed by atoms with Gasteiger partial charge >= 0.3 is 12.1 Å². The standard InChI is InChI=1S/C22H26N4O4/c1-15(17-9-6-10-18(13-17)26-11-12-30-22(26)29)25(2)20(27)14-19(24-21(23)28)16-7-4-3-5-8-16/h3-10,13,15,19H,11-12,14H2,1-2H3,(H3,23,24,28). The lowest BCUT2D eigenvalue weighted by Gasteiger charge is -2.28. The van der Waals surface area contributed by atoms with E-state index in [1.807, 2.05) is 61.5 Å². The highest BCUT2D eigenvalue weighted by Gasteiger charge is 2.26. The molecule has 0 spiro atoms. The van der Waals surface area contributed by atoms with Crippen LogP contribution in [0.5, 0.6) is 0 Å². The second kappa shape index (κ2) is 9.30. The summed E-state index contributed by atoms with van der Waals surface area (Å²) >= 11 is 0. The fourth-order valence-electron chi connectivity index (χ4n) is 3.45. The number of rotatable bonds is 7. The van der Waals surface area contributed by atoms with Crippen LogP contribution >= 0.6 is 0 Å². The number of hydrogen-bond donors (Lipinski definition) is 2. The van der Waals surface area contributed by atoms with Crippen molar-refractivity contribution in [3.05, 3.63) is 65.7 Å². The summed E-state index contributed by atoms with van der Waals surface area (Å²) in [6.07, 6.45) is -0.293. The predicted octanol–water partition coefficient (Wildman–Crippen LogP) is 2.96. The van der Waals surface area contributed by atoms with Gasteiger partial charge in [-0.2, -0.15) is 0 Å². The Kier molecular flexibility index (Phi) is 6.56. The molecule has 2 aromatic rings. The van der Waals surface area contributed by atoms with Crippen molar-refractivity contribution >= 4 is 23.7 Å². The number of urea groups is 1. The minimum absolute atomic E-state index is 0.0753. The van der Waals surface area contributed by atoms with Crippen LogP contribution in [0.1, 0.15) is 36.6 Å². The van der Waals surface area contributed by atoms with Gasteiger partial charge in [-0.05, 0) is 30.2 Å². The molecule has 8 heteroatoms. The number of amides is 4. The number of carbonyl (C=O) groups excluding carboxylic acids is 3. The summed E-state index contributed by atoms with van der Waals surface area (Å²) < 4.78 is 5.00. The Hall–Kier alpha value is -3.55. The van der Waals surface area contributed by atoms with Crippen molar-refractivity contribution in [2.45, 2.75) is 25.4 Å². The number of benzene rings is 2. The maximum atomic E-state index is 13.0. The lowest BCUT2D eigenvalue weighted by Crippen LogP contribution is -2.38. The van der Waals surface area contributed by atoms with Crippen LogP contribution in [0.3, 0.4) is 0 Å². The topological polar surface area (TPSA) is 105 Å². The number of nitrogens with one attached hydrogen (secondary N) is 1. The first-order valence-electron chi connectivity index (χ1n) is 9.77. The van der Waals surface area contributed by atoms with E-state index in [9.17, 15) is 14.4 Å². The summed E-state index contributed by atoms with van der Waals surface area (Å²) in [6.45, 7) is 2.78. The van der Waals surface area contributed by atoms with E-state index in [0.29, 0.717) is 13.2 Å². The molecular weight excluding hydrogens is 384 g/mol. The summed E-state index contributed by atoms with van der Waals surface area (Å²) in [6, 6.07) is 15.3. The van der Waals surface area contributed by atoms with Gasteiger partial charge in [0.15, 0.2) is 0 Å². The number of carbonyl (C=O) groups is 3. The van der Waals surface area contributed by atoms with Crippen molar-refractivity contribution in [2.75, 3.05) is 25.1 Å². The number of ether oxygens (including phenoxy) is 1. The van der Waals surface area contributed by atoms with Gasteiger partial charge in [-0.1, -0.05) is 42.5 Å². The van der Waals surface area contributed by atoms with Crippen LogP contribution in [0.2, 0.25) is 0 Å². The van der Waals surface area contributed by atoms with Gasteiger partial charge in [-0.3, -0.25) is 9.69 Å². The molecule has 2 aromatic carbocycles. The Bertz CT molecular complexity index is 918. The smallest absolute Gasteiger partial charge is 0.414 e. The minimum atomic E-state index is -0.683. The molecule has 1 aliphatic rings. The molecular formula is C22H26N4O4. The first-order chi connectivity index (χ1) is 14.4. The summed E-state index contributed by atoms with van der Waals surface area (Å²) in [5.41, 5.74) is 7.74. The molecule has 3 N–H and O–H groups in total. The van der Waals surface area contributed by atoms with Crippen LogP contribution in [0, 0.1) is 0 Å². The van der Waals surface area contributed by atoms with Gasteiger partial charge in [0.05, 0.1) is 25.0 Å². The Morgan fingerprint density at radius 3 is 2.50 bits per heavy atom. The minimum Gasteiger partial charge on any atom is -0.447 e. The molecule has 2 atom stereocenters. The van der Waals surface area contributed by atoms with Crippen LogP contribution in [0.4, 0.5) is 15.3 Å². The van der Waals surface area contributed by atoms with Gasteiger partial charge in [0.2, 0.25) is 5.91 Å². The van der Waals surface area contributed by atoms with Crippen LogP contribution in [-0.4, -0.2) is 43.1 Å². The number of hydrogen-bond acceptors (Lipinski definition) is 4. The SMILES string of the molecule is CC(c1cccc(N2CCOC2=O)c1)N(C)C(=O)CC(NC(N)=O)c1ccccc1. The Balaban J connectivity index is 1.73. The largest absolute Gasteiger partial charge is 0.447 e. The Labute approximate surface area is 175 Å². The molecule has 158 valence electrons. The highest BCUT2D eigenvalue weighted by Crippen LogP contribution is 2.27. The van der Waals surface area contributed by atoms with Gasteiger partial charge in [0, 0.05) is 12.7 Å². The molecule has 1 heterocycles. The summed E-state index contributed by atoms with van der Waals surface area (Å²) in [5, 5.41) is 2.65. The molecule has 1 fully saturated rings. The zero-order valence-corrected chi connectivity index (χ0v) is 17.1. The molecule has 4 amide bonds. The molecule has 2 unspecified atom stereocenters. The summed E-state index contributed by atoms with van der Waals surface area (Å²) in [5.74, 6) is -0.143. The van der Waals surface area contributed by atoms with Gasteiger partial charge in [-0.25, -0.2) is 9.59 Å². The number of cyclic esters (lactones) is 1. The normalized spacial score (nSPS) is 15.3. The Morgan fingerprint density at radius 2 is 1.87 bits per heavy atom. The molecule has 0 radical (unpaired) electrons. The zero-order valence-electron chi connectivity index (χ0n) is 17.1. The predicted molar refractivity (Wildman–Crippen MR) is 113 cm³/mol. The number of nitrogens with two attached hydrogens (primary N) is 1. The van der Waals surface area contributed by atoms with E-state index >= 15 is 0 Å². The lowest BCUT2D eigenvalue weighted by molar-refractivity contribution is -0.132. The van der Waals surface area contributed by atoms with Crippen LogP contribution in [0.15, 0.2) is 54.6 Å². The highest BCUT2D eigenvalue weighted by molar-refractivity contribution is 5.89. The average Bonchev–Trinajstić information content (AvgIpc) is 3.18. The van der Waals surface area contributed by atoms with Crippen LogP contribution in [0.25, 0.3) is 0 Å². The third-order valence-electron chi connectivity index (χ3n) is 5.30. The monoisotopic (exact) mass is 410 g/mol. The van der Waals surface area contributed by atoms with E-state index in [1.165, 1.54) is 0 Å². The molecule has 0 aromatic heterocycles. The molecule has 0 saturated carbocycles. The zero-order chi connectivity index (χ0) is 21.7. The van der Waals surface area contributed by atoms with Crippen LogP contribution in [-0.2, 0) is 9.53 Å². The second-order valence-electron chi connectivity index (χ2n) is 7.22. The van der Waals surface area contributed by atoms with E-state index in [0.717, 1.165) is 16.8 Å². The van der Waals surface area contributed by atoms with Crippen molar-refractivity contribution in [3.63, 3.8) is 0 Å². The Morgan fingerprint density at radius 1 is 1.17 bits per heavy atom. The van der Waals surface area contributed by atoms with Crippen molar-refractivity contribution in [1.82, 2.24) is 10.2 Å². The first-order valence-corrected chi connectivity index (χ1v) is 9.77. The molecule has 8 nitrogen and oxygen atoms in total. The quantitative estimate of drug-likeness (QED) is 0.732. The van der Waals surface area contributed by atoms with Crippen LogP contribution < -0.4 is 16.0 Å². The molecule has 30 heavy (non-hydrogen) atoms. The third kappa shape index (κ3) is 4.89. The number of anilines is 1. The molecule has 3 rings (SSSR count). The van der Waals surface area contributed by atoms with E-state index in [2.05, 4.69) is 5.32 Å². The highest BCUT2D eigenvalue weighted by atomic mass is 16.6. The number of nitrogens with zero attached hydrogens (tertiary/aromatic N) is 2. The van der Waals surface area contributed by atoms with Crippen molar-refractivity contribution in [3.8, 4) is 0 Å². The maximum Gasteiger partial charge on any atom is 0.414 e. The van der Waals surface area contributed by atoms with E-state index < -0.39 is 12.1 Å². The number of primary amides is 1. The molecule has 0 aliphatic carbocycles. The molecule has 0 bridgehead atoms. The van der Waals surface area contributed by atoms with Gasteiger partial charge < -0.3 is 20.7 Å². The summed E-state index contributed by atoms with van der Waals surface area (Å²) in [4.78, 5) is 39.4. The third-order valence-corrected chi connectivity index (χ3v) is 5.30. The van der Waals surface area contributed by atoms with Crippen molar-refractivity contribution in [2.24, 2.45) is 5.73 Å². The van der Waals surface area contributed by atoms with E-state index in [4.69, 9.17) is 10.5 Å². The maximum absolute atomic E-state index is 13.0. The van der Waals surface area contributed by atoms with E-state index in [1.54, 1.807) is 16.8 Å². The average molecular weight is 410 g/mol. The summed E-state index contributed by atoms with van der Waals surface area (Å²) in [7, 11) is 1.72. The lowest BCUT2D eigenvalue weighted by atomic mass is 10.0. The second-order valence-corrected chi connectivity index (χ2v) is 7.22. The van der Waals surface area contributed by atoms with E-state index in [-0.39, 0.29) is 24.5 Å². The van der Waals surface area contributed by atoms with Gasteiger partial charge in [-0.15, -0.1) is 0 Å². The molecule has 1 aliphatic heterocycles. The first kappa shape index (κ1) is 21.2. The fraction of sp³-hybridized carbons (Fsp3) is 0.318. The molecule has 1 saturated heterocycles. The van der Waals surface area contributed by atoms with Gasteiger partial charge in [0.1, 0.15) is 6.61 Å². The fourth-order valence-corrected chi connectivity index (χ4v) is 3.45. The van der Waals surface area contributed by atoms with Crippen molar-refractivity contribution in [1.29, 1.82) is 0 Å².